The molecule has 0 aromatic heterocycles. The van der Waals surface area contributed by atoms with Crippen LogP contribution < -0.4 is 16.2 Å². The van der Waals surface area contributed by atoms with Crippen molar-refractivity contribution in [2.45, 2.75) is 13.5 Å². The van der Waals surface area contributed by atoms with Gasteiger partial charge in [0.05, 0.1) is 13.7 Å². The summed E-state index contributed by atoms with van der Waals surface area (Å²) in [7, 11) is 1.64. The quantitative estimate of drug-likeness (QED) is 0.594. The van der Waals surface area contributed by atoms with E-state index in [1.54, 1.807) is 20.1 Å². The number of allylic oxidation sites excluding steroid dienone is 1. The van der Waals surface area contributed by atoms with Crippen LogP contribution in [0.4, 0.5) is 0 Å². The van der Waals surface area contributed by atoms with E-state index in [-0.39, 0.29) is 0 Å². The van der Waals surface area contributed by atoms with Crippen LogP contribution in [-0.2, 0) is 6.54 Å². The van der Waals surface area contributed by atoms with Crippen molar-refractivity contribution in [3.8, 4) is 5.75 Å². The van der Waals surface area contributed by atoms with E-state index in [0.717, 1.165) is 11.3 Å². The van der Waals surface area contributed by atoms with Crippen molar-refractivity contribution in [1.82, 2.24) is 0 Å². The molecule has 0 bridgehead atoms. The molecule has 0 saturated heterocycles. The van der Waals surface area contributed by atoms with Gasteiger partial charge in [0.1, 0.15) is 11.6 Å². The van der Waals surface area contributed by atoms with E-state index in [0.29, 0.717) is 18.1 Å². The zero-order valence-electron chi connectivity index (χ0n) is 9.60. The lowest BCUT2D eigenvalue weighted by molar-refractivity contribution is 0.414. The molecule has 1 aromatic carbocycles. The Bertz CT molecular complexity index is 389. The lowest BCUT2D eigenvalue weighted by Crippen LogP contribution is -2.10. The maximum absolute atomic E-state index is 5.65. The van der Waals surface area contributed by atoms with E-state index < -0.39 is 0 Å². The molecule has 0 amide bonds. The molecule has 16 heavy (non-hydrogen) atoms. The first-order valence-electron chi connectivity index (χ1n) is 4.98. The standard InChI is InChI=1S/C12H17N3O/c1-9(13)7-12(14)15-8-10-3-5-11(16-2)6-4-10/h3-7H,8,13H2,1-2H3,(H2,14,15). The van der Waals surface area contributed by atoms with Gasteiger partial charge < -0.3 is 16.2 Å². The van der Waals surface area contributed by atoms with Gasteiger partial charge in [0, 0.05) is 5.70 Å². The first-order chi connectivity index (χ1) is 7.61. The third-order valence-electron chi connectivity index (χ3n) is 1.98. The third-order valence-corrected chi connectivity index (χ3v) is 1.98. The monoisotopic (exact) mass is 219 g/mol. The highest BCUT2D eigenvalue weighted by molar-refractivity contribution is 5.91. The predicted molar refractivity (Wildman–Crippen MR) is 66.3 cm³/mol. The van der Waals surface area contributed by atoms with Crippen LogP contribution in [0.5, 0.6) is 5.75 Å². The Labute approximate surface area is 95.6 Å². The van der Waals surface area contributed by atoms with Crippen LogP contribution in [0.15, 0.2) is 41.0 Å². The third kappa shape index (κ3) is 4.04. The molecule has 0 fully saturated rings. The van der Waals surface area contributed by atoms with Gasteiger partial charge in [0.15, 0.2) is 0 Å². The minimum absolute atomic E-state index is 0.441. The van der Waals surface area contributed by atoms with E-state index >= 15 is 0 Å². The number of aliphatic imine (C=N–C) groups is 1. The van der Waals surface area contributed by atoms with Crippen LogP contribution in [0, 0.1) is 0 Å². The molecule has 0 spiro atoms. The van der Waals surface area contributed by atoms with Crippen LogP contribution in [0.25, 0.3) is 0 Å². The van der Waals surface area contributed by atoms with Gasteiger partial charge in [-0.1, -0.05) is 12.1 Å². The van der Waals surface area contributed by atoms with E-state index in [1.807, 2.05) is 24.3 Å². The largest absolute Gasteiger partial charge is 0.497 e. The number of methoxy groups -OCH3 is 1. The van der Waals surface area contributed by atoms with Crippen molar-refractivity contribution in [3.05, 3.63) is 41.6 Å². The molecule has 0 heterocycles. The van der Waals surface area contributed by atoms with Gasteiger partial charge in [-0.05, 0) is 30.7 Å². The highest BCUT2D eigenvalue weighted by atomic mass is 16.5. The summed E-state index contributed by atoms with van der Waals surface area (Å²) in [4.78, 5) is 4.19. The molecule has 0 radical (unpaired) electrons. The van der Waals surface area contributed by atoms with E-state index in [9.17, 15) is 0 Å². The molecule has 0 aliphatic heterocycles. The molecular formula is C12H17N3O. The molecule has 0 atom stereocenters. The lowest BCUT2D eigenvalue weighted by atomic mass is 10.2. The fourth-order valence-electron chi connectivity index (χ4n) is 1.19. The van der Waals surface area contributed by atoms with Crippen molar-refractivity contribution in [1.29, 1.82) is 0 Å². The molecule has 4 N–H and O–H groups in total. The van der Waals surface area contributed by atoms with Crippen LogP contribution in [0.2, 0.25) is 0 Å². The minimum atomic E-state index is 0.441. The van der Waals surface area contributed by atoms with Crippen molar-refractivity contribution in [2.24, 2.45) is 16.5 Å². The van der Waals surface area contributed by atoms with Crippen LogP contribution in [0.3, 0.4) is 0 Å². The summed E-state index contributed by atoms with van der Waals surface area (Å²) in [6, 6.07) is 7.69. The molecule has 0 saturated carbocycles. The second-order valence-corrected chi connectivity index (χ2v) is 3.48. The fraction of sp³-hybridized carbons (Fsp3) is 0.250. The number of ether oxygens (including phenoxy) is 1. The Kier molecular flexibility index (Phi) is 4.39. The zero-order valence-corrected chi connectivity index (χ0v) is 9.60. The molecule has 1 rings (SSSR count). The van der Waals surface area contributed by atoms with Crippen LogP contribution in [-0.4, -0.2) is 12.9 Å². The average Bonchev–Trinajstić information content (AvgIpc) is 2.26. The predicted octanol–water partition coefficient (Wildman–Crippen LogP) is 1.41. The second-order valence-electron chi connectivity index (χ2n) is 3.48. The molecule has 0 aliphatic rings. The van der Waals surface area contributed by atoms with Crippen molar-refractivity contribution >= 4 is 5.84 Å². The zero-order chi connectivity index (χ0) is 12.0. The summed E-state index contributed by atoms with van der Waals surface area (Å²) in [5.41, 5.74) is 12.9. The number of hydrogen-bond donors (Lipinski definition) is 2. The molecule has 0 aliphatic carbocycles. The van der Waals surface area contributed by atoms with Crippen LogP contribution in [0.1, 0.15) is 12.5 Å². The van der Waals surface area contributed by atoms with Crippen molar-refractivity contribution in [2.75, 3.05) is 7.11 Å². The molecule has 4 nitrogen and oxygen atoms in total. The Morgan fingerprint density at radius 2 is 1.94 bits per heavy atom. The maximum atomic E-state index is 5.65. The molecule has 0 unspecified atom stereocenters. The number of nitrogens with two attached hydrogens (primary N) is 2. The first-order valence-corrected chi connectivity index (χ1v) is 4.98. The summed E-state index contributed by atoms with van der Waals surface area (Å²) in [5.74, 6) is 1.27. The summed E-state index contributed by atoms with van der Waals surface area (Å²) < 4.78 is 5.06. The van der Waals surface area contributed by atoms with Crippen molar-refractivity contribution in [3.63, 3.8) is 0 Å². The van der Waals surface area contributed by atoms with Gasteiger partial charge in [-0.3, -0.25) is 4.99 Å². The normalized spacial score (nSPS) is 12.6. The Morgan fingerprint density at radius 1 is 1.31 bits per heavy atom. The average molecular weight is 219 g/mol. The summed E-state index contributed by atoms with van der Waals surface area (Å²) >= 11 is 0. The highest BCUT2D eigenvalue weighted by Crippen LogP contribution is 2.11. The molecule has 86 valence electrons. The van der Waals surface area contributed by atoms with Gasteiger partial charge in [0.2, 0.25) is 0 Å². The summed E-state index contributed by atoms with van der Waals surface area (Å²) in [6.45, 7) is 2.31. The van der Waals surface area contributed by atoms with E-state index in [2.05, 4.69) is 4.99 Å². The van der Waals surface area contributed by atoms with E-state index in [4.69, 9.17) is 16.2 Å². The highest BCUT2D eigenvalue weighted by Gasteiger charge is 1.93. The lowest BCUT2D eigenvalue weighted by Gasteiger charge is -2.01. The van der Waals surface area contributed by atoms with Gasteiger partial charge >= 0.3 is 0 Å². The Morgan fingerprint density at radius 3 is 2.44 bits per heavy atom. The minimum Gasteiger partial charge on any atom is -0.497 e. The fourth-order valence-corrected chi connectivity index (χ4v) is 1.19. The number of amidine groups is 1. The van der Waals surface area contributed by atoms with Gasteiger partial charge in [-0.15, -0.1) is 0 Å². The van der Waals surface area contributed by atoms with Gasteiger partial charge in [0.25, 0.3) is 0 Å². The van der Waals surface area contributed by atoms with Crippen LogP contribution >= 0.6 is 0 Å². The van der Waals surface area contributed by atoms with E-state index in [1.165, 1.54) is 0 Å². The number of hydrogen-bond acceptors (Lipinski definition) is 3. The SMILES string of the molecule is COc1ccc(CN=C(N)C=C(C)N)cc1. The first kappa shape index (κ1) is 12.1. The van der Waals surface area contributed by atoms with Crippen molar-refractivity contribution < 1.29 is 4.74 Å². The summed E-state index contributed by atoms with van der Waals surface area (Å²) in [6.07, 6.45) is 1.64. The van der Waals surface area contributed by atoms with Gasteiger partial charge in [-0.2, -0.15) is 0 Å². The summed E-state index contributed by atoms with van der Waals surface area (Å²) in [5, 5.41) is 0. The second kappa shape index (κ2) is 5.80. The number of benzene rings is 1. The molecule has 1 aromatic rings. The Balaban J connectivity index is 2.63. The number of nitrogens with zero attached hydrogens (tertiary/aromatic N) is 1. The topological polar surface area (TPSA) is 73.6 Å². The Hall–Kier alpha value is -1.97. The number of rotatable bonds is 4. The molecule has 4 heteroatoms. The smallest absolute Gasteiger partial charge is 0.120 e. The maximum Gasteiger partial charge on any atom is 0.120 e. The molecular weight excluding hydrogens is 202 g/mol. The van der Waals surface area contributed by atoms with Gasteiger partial charge in [-0.25, -0.2) is 0 Å².